The van der Waals surface area contributed by atoms with Crippen LogP contribution in [0.2, 0.25) is 0 Å². The summed E-state index contributed by atoms with van der Waals surface area (Å²) >= 11 is 1.81. The van der Waals surface area contributed by atoms with Gasteiger partial charge in [-0.3, -0.25) is 4.79 Å². The Labute approximate surface area is 83.4 Å². The van der Waals surface area contributed by atoms with E-state index in [1.54, 1.807) is 0 Å². The van der Waals surface area contributed by atoms with Gasteiger partial charge in [0, 0.05) is 0 Å². The van der Waals surface area contributed by atoms with Crippen LogP contribution in [0.5, 0.6) is 0 Å². The van der Waals surface area contributed by atoms with Gasteiger partial charge in [0.2, 0.25) is 0 Å². The van der Waals surface area contributed by atoms with Crippen LogP contribution in [0.1, 0.15) is 32.6 Å². The second-order valence-corrected chi connectivity index (χ2v) is 5.23. The summed E-state index contributed by atoms with van der Waals surface area (Å²) in [6.07, 6.45) is 4.47. The van der Waals surface area contributed by atoms with E-state index in [1.165, 1.54) is 6.42 Å². The summed E-state index contributed by atoms with van der Waals surface area (Å²) in [5, 5.41) is 0.246. The van der Waals surface area contributed by atoms with Crippen LogP contribution < -0.4 is 0 Å². The fraction of sp³-hybridized carbons (Fsp3) is 0.900. The highest BCUT2D eigenvalue weighted by Crippen LogP contribution is 2.31. The van der Waals surface area contributed by atoms with Crippen LogP contribution in [0, 0.1) is 0 Å². The Hall–Kier alpha value is -0.0200. The van der Waals surface area contributed by atoms with Gasteiger partial charge in [-0.25, -0.2) is 0 Å². The first-order chi connectivity index (χ1) is 6.27. The van der Waals surface area contributed by atoms with Gasteiger partial charge in [0.1, 0.15) is 6.10 Å². The molecule has 2 aliphatic rings. The molecule has 0 spiro atoms. The minimum atomic E-state index is -0.0781. The van der Waals surface area contributed by atoms with Crippen molar-refractivity contribution in [3.63, 3.8) is 0 Å². The number of ketones is 1. The highest BCUT2D eigenvalue weighted by atomic mass is 32.2. The summed E-state index contributed by atoms with van der Waals surface area (Å²) in [7, 11) is 0. The van der Waals surface area contributed by atoms with Crippen molar-refractivity contribution in [1.29, 1.82) is 0 Å². The van der Waals surface area contributed by atoms with Gasteiger partial charge in [-0.1, -0.05) is 0 Å². The summed E-state index contributed by atoms with van der Waals surface area (Å²) in [4.78, 5) is 11.8. The molecule has 13 heavy (non-hydrogen) atoms. The van der Waals surface area contributed by atoms with Crippen LogP contribution in [0.15, 0.2) is 0 Å². The Morgan fingerprint density at radius 2 is 2.23 bits per heavy atom. The third kappa shape index (κ3) is 2.08. The molecule has 3 unspecified atom stereocenters. The summed E-state index contributed by atoms with van der Waals surface area (Å²) in [6.45, 7) is 2.05. The van der Waals surface area contributed by atoms with Crippen molar-refractivity contribution in [3.05, 3.63) is 0 Å². The number of thioether (sulfide) groups is 1. The zero-order chi connectivity index (χ0) is 9.26. The van der Waals surface area contributed by atoms with Crippen molar-refractivity contribution in [2.45, 2.75) is 50.1 Å². The highest BCUT2D eigenvalue weighted by molar-refractivity contribution is 8.00. The molecule has 2 saturated heterocycles. The van der Waals surface area contributed by atoms with E-state index in [-0.39, 0.29) is 11.4 Å². The maximum atomic E-state index is 11.8. The molecule has 0 bridgehead atoms. The van der Waals surface area contributed by atoms with Crippen LogP contribution >= 0.6 is 11.8 Å². The Bertz CT molecular complexity index is 199. The number of Topliss-reactive ketones (excluding diaryl/α,β-unsaturated/α-hetero) is 1. The van der Waals surface area contributed by atoms with Crippen molar-refractivity contribution in [2.24, 2.45) is 0 Å². The molecule has 3 atom stereocenters. The standard InChI is InChI=1S/C10H16O2S/c1-7-4-5-8(12-7)10(11)9-3-2-6-13-9/h7-9H,2-6H2,1H3. The first kappa shape index (κ1) is 9.53. The lowest BCUT2D eigenvalue weighted by atomic mass is 10.1. The van der Waals surface area contributed by atoms with Crippen molar-refractivity contribution in [3.8, 4) is 0 Å². The summed E-state index contributed by atoms with van der Waals surface area (Å²) in [5.41, 5.74) is 0. The average Bonchev–Trinajstić information content (AvgIpc) is 2.72. The quantitative estimate of drug-likeness (QED) is 0.682. The SMILES string of the molecule is CC1CCC(C(=O)C2CCCS2)O1. The number of carbonyl (C=O) groups excluding carboxylic acids is 1. The molecule has 0 radical (unpaired) electrons. The second kappa shape index (κ2) is 4.01. The van der Waals surface area contributed by atoms with Crippen molar-refractivity contribution >= 4 is 17.5 Å². The molecule has 0 amide bonds. The predicted molar refractivity (Wildman–Crippen MR) is 54.1 cm³/mol. The molecule has 0 aliphatic carbocycles. The first-order valence-electron chi connectivity index (χ1n) is 5.08. The van der Waals surface area contributed by atoms with Crippen LogP contribution in [0.4, 0.5) is 0 Å². The van der Waals surface area contributed by atoms with E-state index in [4.69, 9.17) is 4.74 Å². The number of carbonyl (C=O) groups is 1. The zero-order valence-corrected chi connectivity index (χ0v) is 8.81. The van der Waals surface area contributed by atoms with Crippen LogP contribution in [0.3, 0.4) is 0 Å². The Kier molecular flexibility index (Phi) is 2.94. The Morgan fingerprint density at radius 1 is 1.38 bits per heavy atom. The van der Waals surface area contributed by atoms with E-state index >= 15 is 0 Å². The van der Waals surface area contributed by atoms with E-state index < -0.39 is 0 Å². The van der Waals surface area contributed by atoms with Gasteiger partial charge < -0.3 is 4.74 Å². The molecular weight excluding hydrogens is 184 g/mol. The van der Waals surface area contributed by atoms with Gasteiger partial charge in [0.05, 0.1) is 11.4 Å². The third-order valence-electron chi connectivity index (χ3n) is 2.80. The topological polar surface area (TPSA) is 26.3 Å². The minimum Gasteiger partial charge on any atom is -0.367 e. The molecule has 2 rings (SSSR count). The van der Waals surface area contributed by atoms with Gasteiger partial charge in [-0.05, 0) is 38.4 Å². The minimum absolute atomic E-state index is 0.0781. The zero-order valence-electron chi connectivity index (χ0n) is 7.99. The number of hydrogen-bond acceptors (Lipinski definition) is 3. The third-order valence-corrected chi connectivity index (χ3v) is 4.19. The Morgan fingerprint density at radius 3 is 2.77 bits per heavy atom. The van der Waals surface area contributed by atoms with E-state index in [0.717, 1.165) is 25.0 Å². The van der Waals surface area contributed by atoms with Crippen LogP contribution in [-0.2, 0) is 9.53 Å². The molecule has 0 aromatic carbocycles. The largest absolute Gasteiger partial charge is 0.367 e. The molecule has 0 N–H and O–H groups in total. The van der Waals surface area contributed by atoms with Gasteiger partial charge >= 0.3 is 0 Å². The number of hydrogen-bond donors (Lipinski definition) is 0. The van der Waals surface area contributed by atoms with Crippen molar-refractivity contribution < 1.29 is 9.53 Å². The van der Waals surface area contributed by atoms with E-state index in [1.807, 2.05) is 11.8 Å². The van der Waals surface area contributed by atoms with E-state index in [2.05, 4.69) is 6.92 Å². The molecule has 2 aliphatic heterocycles. The normalized spacial score (nSPS) is 39.6. The Balaban J connectivity index is 1.89. The molecule has 2 nitrogen and oxygen atoms in total. The van der Waals surface area contributed by atoms with Crippen molar-refractivity contribution in [2.75, 3.05) is 5.75 Å². The van der Waals surface area contributed by atoms with Crippen LogP contribution in [-0.4, -0.2) is 29.0 Å². The predicted octanol–water partition coefficient (Wildman–Crippen LogP) is 2.02. The summed E-state index contributed by atoms with van der Waals surface area (Å²) < 4.78 is 5.57. The number of rotatable bonds is 2. The second-order valence-electron chi connectivity index (χ2n) is 3.92. The number of ether oxygens (including phenoxy) is 1. The summed E-state index contributed by atoms with van der Waals surface area (Å²) in [5.74, 6) is 1.51. The average molecular weight is 200 g/mol. The van der Waals surface area contributed by atoms with Crippen molar-refractivity contribution in [1.82, 2.24) is 0 Å². The van der Waals surface area contributed by atoms with Gasteiger partial charge in [0.25, 0.3) is 0 Å². The van der Waals surface area contributed by atoms with Gasteiger partial charge in [0.15, 0.2) is 5.78 Å². The molecule has 74 valence electrons. The molecule has 0 aromatic heterocycles. The lowest BCUT2D eigenvalue weighted by Gasteiger charge is -2.13. The lowest BCUT2D eigenvalue weighted by Crippen LogP contribution is -2.28. The monoisotopic (exact) mass is 200 g/mol. The maximum absolute atomic E-state index is 11.8. The molecule has 2 fully saturated rings. The lowest BCUT2D eigenvalue weighted by molar-refractivity contribution is -0.128. The molecular formula is C10H16O2S. The van der Waals surface area contributed by atoms with E-state index in [0.29, 0.717) is 11.9 Å². The fourth-order valence-electron chi connectivity index (χ4n) is 2.02. The van der Waals surface area contributed by atoms with Gasteiger partial charge in [-0.15, -0.1) is 0 Å². The molecule has 2 heterocycles. The van der Waals surface area contributed by atoms with E-state index in [9.17, 15) is 4.79 Å². The first-order valence-corrected chi connectivity index (χ1v) is 6.13. The van der Waals surface area contributed by atoms with Crippen LogP contribution in [0.25, 0.3) is 0 Å². The molecule has 3 heteroatoms. The smallest absolute Gasteiger partial charge is 0.174 e. The molecule has 0 saturated carbocycles. The molecule has 0 aromatic rings. The van der Waals surface area contributed by atoms with Gasteiger partial charge in [-0.2, -0.15) is 11.8 Å². The fourth-order valence-corrected chi connectivity index (χ4v) is 3.29. The summed E-state index contributed by atoms with van der Waals surface area (Å²) in [6, 6.07) is 0. The maximum Gasteiger partial charge on any atom is 0.174 e. The highest BCUT2D eigenvalue weighted by Gasteiger charge is 2.34.